The van der Waals surface area contributed by atoms with Crippen LogP contribution in [0, 0.1) is 6.92 Å². The van der Waals surface area contributed by atoms with Crippen molar-refractivity contribution in [2.24, 2.45) is 0 Å². The zero-order chi connectivity index (χ0) is 25.7. The predicted molar refractivity (Wildman–Crippen MR) is 158 cm³/mol. The molecule has 0 heterocycles. The van der Waals surface area contributed by atoms with Gasteiger partial charge in [-0.15, -0.1) is 0 Å². The summed E-state index contributed by atoms with van der Waals surface area (Å²) in [5.74, 6) is 0. The molecule has 0 fully saturated rings. The monoisotopic (exact) mass is 471 g/mol. The van der Waals surface area contributed by atoms with Gasteiger partial charge in [-0.05, 0) is 75.5 Å². The van der Waals surface area contributed by atoms with Crippen LogP contribution in [0.15, 0.2) is 97.1 Å². The van der Waals surface area contributed by atoms with Crippen molar-refractivity contribution in [1.29, 1.82) is 0 Å². The third kappa shape index (κ3) is 4.28. The molecule has 0 radical (unpaired) electrons. The summed E-state index contributed by atoms with van der Waals surface area (Å²) in [5.41, 5.74) is 7.78. The van der Waals surface area contributed by atoms with Crippen molar-refractivity contribution in [3.8, 4) is 0 Å². The van der Waals surface area contributed by atoms with Gasteiger partial charge in [0, 0.05) is 22.1 Å². The van der Waals surface area contributed by atoms with E-state index in [1.165, 1.54) is 43.9 Å². The highest BCUT2D eigenvalue weighted by atomic mass is 15.1. The summed E-state index contributed by atoms with van der Waals surface area (Å²) in [6.45, 7) is 16.0. The van der Waals surface area contributed by atoms with Crippen LogP contribution in [0.25, 0.3) is 21.5 Å². The van der Waals surface area contributed by atoms with Crippen molar-refractivity contribution in [3.63, 3.8) is 0 Å². The van der Waals surface area contributed by atoms with Crippen molar-refractivity contribution >= 4 is 38.6 Å². The smallest absolute Gasteiger partial charge is 0.0618 e. The van der Waals surface area contributed by atoms with Gasteiger partial charge in [-0.3, -0.25) is 0 Å². The molecular formula is C35H37N. The maximum Gasteiger partial charge on any atom is 0.0618 e. The van der Waals surface area contributed by atoms with E-state index in [9.17, 15) is 0 Å². The minimum atomic E-state index is 0.0642. The van der Waals surface area contributed by atoms with Gasteiger partial charge < -0.3 is 4.90 Å². The highest BCUT2D eigenvalue weighted by Crippen LogP contribution is 2.46. The van der Waals surface area contributed by atoms with Gasteiger partial charge in [-0.1, -0.05) is 108 Å². The maximum atomic E-state index is 2.44. The number of benzene rings is 5. The van der Waals surface area contributed by atoms with Gasteiger partial charge in [-0.25, -0.2) is 0 Å². The molecule has 182 valence electrons. The van der Waals surface area contributed by atoms with Gasteiger partial charge in [0.1, 0.15) is 0 Å². The van der Waals surface area contributed by atoms with E-state index in [-0.39, 0.29) is 10.8 Å². The number of anilines is 3. The van der Waals surface area contributed by atoms with Crippen LogP contribution in [0.5, 0.6) is 0 Å². The second-order valence-corrected chi connectivity index (χ2v) is 12.0. The van der Waals surface area contributed by atoms with Crippen molar-refractivity contribution in [3.05, 3.63) is 114 Å². The maximum absolute atomic E-state index is 2.44. The number of hydrogen-bond donors (Lipinski definition) is 0. The quantitative estimate of drug-likeness (QED) is 0.237. The molecule has 0 amide bonds. The molecule has 0 saturated heterocycles. The Bertz CT molecular complexity index is 1490. The van der Waals surface area contributed by atoms with Crippen molar-refractivity contribution in [2.75, 3.05) is 4.90 Å². The van der Waals surface area contributed by atoms with Gasteiger partial charge in [0.05, 0.1) is 5.69 Å². The zero-order valence-electron chi connectivity index (χ0n) is 22.7. The summed E-state index contributed by atoms with van der Waals surface area (Å²) in [6, 6.07) is 35.7. The lowest BCUT2D eigenvalue weighted by Crippen LogP contribution is -2.14. The highest BCUT2D eigenvalue weighted by molar-refractivity contribution is 6.16. The predicted octanol–water partition coefficient (Wildman–Crippen LogP) is 10.4. The molecule has 5 aromatic rings. The molecule has 0 aliphatic carbocycles. The molecule has 0 aliphatic rings. The Morgan fingerprint density at radius 2 is 0.917 bits per heavy atom. The lowest BCUT2D eigenvalue weighted by atomic mass is 9.82. The zero-order valence-corrected chi connectivity index (χ0v) is 22.7. The molecule has 0 bridgehead atoms. The van der Waals surface area contributed by atoms with Crippen LogP contribution in [-0.4, -0.2) is 0 Å². The Morgan fingerprint density at radius 3 is 1.39 bits per heavy atom. The Hall–Kier alpha value is -3.58. The van der Waals surface area contributed by atoms with E-state index in [0.717, 1.165) is 11.4 Å². The van der Waals surface area contributed by atoms with Gasteiger partial charge >= 0.3 is 0 Å². The van der Waals surface area contributed by atoms with E-state index < -0.39 is 0 Å². The Kier molecular flexibility index (Phi) is 5.91. The summed E-state index contributed by atoms with van der Waals surface area (Å²) < 4.78 is 0. The number of aryl methyl sites for hydroxylation is 1. The van der Waals surface area contributed by atoms with Crippen molar-refractivity contribution in [1.82, 2.24) is 0 Å². The molecule has 1 nitrogen and oxygen atoms in total. The SMILES string of the molecule is Cc1c2cc(C(C)(C)C)ccc2c(N(c2ccccc2)c2ccccc2)c2cc(C(C)(C)C)ccc12. The first kappa shape index (κ1) is 24.1. The van der Waals surface area contributed by atoms with Gasteiger partial charge in [0.15, 0.2) is 0 Å². The fourth-order valence-corrected chi connectivity index (χ4v) is 5.15. The number of hydrogen-bond acceptors (Lipinski definition) is 1. The van der Waals surface area contributed by atoms with E-state index in [4.69, 9.17) is 0 Å². The average Bonchev–Trinajstić information content (AvgIpc) is 2.86. The topological polar surface area (TPSA) is 3.24 Å². The molecule has 0 atom stereocenters. The Morgan fingerprint density at radius 1 is 0.472 bits per heavy atom. The molecule has 36 heavy (non-hydrogen) atoms. The fourth-order valence-electron chi connectivity index (χ4n) is 5.15. The molecule has 0 spiro atoms. The normalized spacial score (nSPS) is 12.3. The van der Waals surface area contributed by atoms with Crippen LogP contribution < -0.4 is 4.90 Å². The van der Waals surface area contributed by atoms with Crippen LogP contribution in [0.3, 0.4) is 0 Å². The van der Waals surface area contributed by atoms with Crippen LogP contribution in [0.4, 0.5) is 17.1 Å². The van der Waals surface area contributed by atoms with Crippen LogP contribution in [0.2, 0.25) is 0 Å². The summed E-state index contributed by atoms with van der Waals surface area (Å²) in [7, 11) is 0. The first-order valence-corrected chi connectivity index (χ1v) is 13.0. The molecule has 5 aromatic carbocycles. The summed E-state index contributed by atoms with van der Waals surface area (Å²) in [6.07, 6.45) is 0. The molecular weight excluding hydrogens is 434 g/mol. The lowest BCUT2D eigenvalue weighted by Gasteiger charge is -2.30. The highest BCUT2D eigenvalue weighted by Gasteiger charge is 2.24. The van der Waals surface area contributed by atoms with Gasteiger partial charge in [0.25, 0.3) is 0 Å². The standard InChI is InChI=1S/C35H37N/c1-24-29-20-18-26(35(5,6)7)23-32(29)33(30-21-19-25(22-31(24)30)34(2,3)4)36(27-14-10-8-11-15-27)28-16-12-9-13-17-28/h8-23H,1-7H3. The van der Waals surface area contributed by atoms with Crippen LogP contribution in [0.1, 0.15) is 58.2 Å². The lowest BCUT2D eigenvalue weighted by molar-refractivity contribution is 0.590. The van der Waals surface area contributed by atoms with E-state index in [1.54, 1.807) is 0 Å². The first-order valence-electron chi connectivity index (χ1n) is 13.0. The third-order valence-corrected chi connectivity index (χ3v) is 7.34. The molecule has 0 unspecified atom stereocenters. The molecule has 0 aromatic heterocycles. The first-order chi connectivity index (χ1) is 17.1. The number of fused-ring (bicyclic) bond motifs is 2. The number of nitrogens with zero attached hydrogens (tertiary/aromatic N) is 1. The largest absolute Gasteiger partial charge is 0.309 e. The van der Waals surface area contributed by atoms with E-state index in [1.807, 2.05) is 0 Å². The fraction of sp³-hybridized carbons (Fsp3) is 0.257. The second-order valence-electron chi connectivity index (χ2n) is 12.0. The summed E-state index contributed by atoms with van der Waals surface area (Å²) >= 11 is 0. The van der Waals surface area contributed by atoms with Gasteiger partial charge in [-0.2, -0.15) is 0 Å². The molecule has 0 saturated carbocycles. The van der Waals surface area contributed by atoms with E-state index in [2.05, 4.69) is 150 Å². The average molecular weight is 472 g/mol. The van der Waals surface area contributed by atoms with Crippen molar-refractivity contribution < 1.29 is 0 Å². The molecule has 1 heteroatoms. The van der Waals surface area contributed by atoms with Crippen LogP contribution in [-0.2, 0) is 10.8 Å². The summed E-state index contributed by atoms with van der Waals surface area (Å²) in [5, 5.41) is 5.22. The molecule has 5 rings (SSSR count). The number of rotatable bonds is 3. The Balaban J connectivity index is 1.97. The second kappa shape index (κ2) is 8.82. The summed E-state index contributed by atoms with van der Waals surface area (Å²) in [4.78, 5) is 2.44. The van der Waals surface area contributed by atoms with E-state index >= 15 is 0 Å². The molecule has 0 aliphatic heterocycles. The number of para-hydroxylation sites is 2. The minimum absolute atomic E-state index is 0.0642. The van der Waals surface area contributed by atoms with E-state index in [0.29, 0.717) is 0 Å². The Labute approximate surface area is 216 Å². The van der Waals surface area contributed by atoms with Crippen LogP contribution >= 0.6 is 0 Å². The minimum Gasteiger partial charge on any atom is -0.309 e. The molecule has 0 N–H and O–H groups in total. The van der Waals surface area contributed by atoms with Gasteiger partial charge in [0.2, 0.25) is 0 Å². The third-order valence-electron chi connectivity index (χ3n) is 7.34. The van der Waals surface area contributed by atoms with Crippen molar-refractivity contribution in [2.45, 2.75) is 59.3 Å².